The Morgan fingerprint density at radius 2 is 1.65 bits per heavy atom. The van der Waals surface area contributed by atoms with Crippen LogP contribution in [-0.4, -0.2) is 21.9 Å². The van der Waals surface area contributed by atoms with Gasteiger partial charge in [-0.05, 0) is 19.8 Å². The number of carbonyl (C=O) groups excluding carboxylic acids is 1. The first-order chi connectivity index (χ1) is 10.8. The van der Waals surface area contributed by atoms with Crippen molar-refractivity contribution in [2.24, 2.45) is 0 Å². The summed E-state index contributed by atoms with van der Waals surface area (Å²) in [6, 6.07) is 2.78. The van der Waals surface area contributed by atoms with Crippen LogP contribution in [0, 0.1) is 20.2 Å². The summed E-state index contributed by atoms with van der Waals surface area (Å²) < 4.78 is 5.20. The van der Waals surface area contributed by atoms with Crippen molar-refractivity contribution in [3.05, 3.63) is 44.0 Å². The molecule has 0 bridgehead atoms. The predicted molar refractivity (Wildman–Crippen MR) is 83.4 cm³/mol. The van der Waals surface area contributed by atoms with Gasteiger partial charge < -0.3 is 4.74 Å². The van der Waals surface area contributed by atoms with Gasteiger partial charge in [-0.1, -0.05) is 26.2 Å². The number of unbranched alkanes of at least 4 members (excludes halogenated alkanes) is 3. The maximum absolute atomic E-state index is 12.0. The summed E-state index contributed by atoms with van der Waals surface area (Å²) in [4.78, 5) is 32.1. The topological polar surface area (TPSA) is 113 Å². The predicted octanol–water partition coefficient (Wildman–Crippen LogP) is 4.02. The van der Waals surface area contributed by atoms with Crippen LogP contribution in [0.25, 0.3) is 0 Å². The lowest BCUT2D eigenvalue weighted by Gasteiger charge is -2.13. The van der Waals surface area contributed by atoms with Gasteiger partial charge in [0.05, 0.1) is 27.6 Å². The number of nitro groups is 2. The molecular formula is C15H20N2O6. The van der Waals surface area contributed by atoms with Crippen molar-refractivity contribution < 1.29 is 19.4 Å². The van der Waals surface area contributed by atoms with Gasteiger partial charge in [0.15, 0.2) is 0 Å². The first kappa shape index (κ1) is 18.5. The fourth-order valence-electron chi connectivity index (χ4n) is 2.09. The van der Waals surface area contributed by atoms with Crippen molar-refractivity contribution in [2.75, 3.05) is 0 Å². The molecule has 0 unspecified atom stereocenters. The van der Waals surface area contributed by atoms with Gasteiger partial charge in [0.2, 0.25) is 0 Å². The minimum atomic E-state index is -0.792. The van der Waals surface area contributed by atoms with E-state index in [0.717, 1.165) is 43.9 Å². The molecule has 0 N–H and O–H groups in total. The molecule has 0 aromatic heterocycles. The standard InChI is InChI=1S/C15H20N2O6/c1-3-4-5-6-7-11(2)23-15(18)12-8-13(16(19)20)10-14(9-12)17(21)22/h8-11H,3-7H2,1-2H3/t11-/m0/s1. The molecule has 0 spiro atoms. The molecular weight excluding hydrogens is 304 g/mol. The Bertz CT molecular complexity index is 555. The molecule has 0 aliphatic rings. The molecule has 0 fully saturated rings. The van der Waals surface area contributed by atoms with Gasteiger partial charge in [0.1, 0.15) is 0 Å². The van der Waals surface area contributed by atoms with Crippen molar-refractivity contribution in [2.45, 2.75) is 52.1 Å². The lowest BCUT2D eigenvalue weighted by Crippen LogP contribution is -2.15. The molecule has 0 aliphatic carbocycles. The molecule has 8 nitrogen and oxygen atoms in total. The molecule has 1 aromatic rings. The second-order valence-corrected chi connectivity index (χ2v) is 5.32. The fraction of sp³-hybridized carbons (Fsp3) is 0.533. The van der Waals surface area contributed by atoms with E-state index in [4.69, 9.17) is 4.74 Å². The van der Waals surface area contributed by atoms with Gasteiger partial charge in [0.25, 0.3) is 11.4 Å². The van der Waals surface area contributed by atoms with Crippen LogP contribution in [0.2, 0.25) is 0 Å². The Hall–Kier alpha value is -2.51. The Labute approximate surface area is 133 Å². The van der Waals surface area contributed by atoms with E-state index in [1.54, 1.807) is 6.92 Å². The molecule has 0 radical (unpaired) electrons. The smallest absolute Gasteiger partial charge is 0.338 e. The molecule has 0 saturated carbocycles. The van der Waals surface area contributed by atoms with Crippen molar-refractivity contribution in [1.82, 2.24) is 0 Å². The number of non-ortho nitro benzene ring substituents is 2. The average Bonchev–Trinajstić information content (AvgIpc) is 2.50. The Morgan fingerprint density at radius 3 is 2.13 bits per heavy atom. The number of nitrogens with zero attached hydrogens (tertiary/aromatic N) is 2. The van der Waals surface area contributed by atoms with Gasteiger partial charge in [-0.15, -0.1) is 0 Å². The SMILES string of the molecule is CCCCCC[C@H](C)OC(=O)c1cc([N+](=O)[O-])cc([N+](=O)[O-])c1. The zero-order valence-electron chi connectivity index (χ0n) is 13.2. The second-order valence-electron chi connectivity index (χ2n) is 5.32. The van der Waals surface area contributed by atoms with E-state index >= 15 is 0 Å². The fourth-order valence-corrected chi connectivity index (χ4v) is 2.09. The highest BCUT2D eigenvalue weighted by molar-refractivity contribution is 5.91. The van der Waals surface area contributed by atoms with Crippen LogP contribution >= 0.6 is 0 Å². The van der Waals surface area contributed by atoms with Crippen molar-refractivity contribution >= 4 is 17.3 Å². The van der Waals surface area contributed by atoms with Gasteiger partial charge in [0, 0.05) is 12.1 Å². The maximum Gasteiger partial charge on any atom is 0.338 e. The number of rotatable bonds is 9. The molecule has 0 aliphatic heterocycles. The molecule has 1 aromatic carbocycles. The number of nitro benzene ring substituents is 2. The van der Waals surface area contributed by atoms with E-state index < -0.39 is 27.2 Å². The average molecular weight is 324 g/mol. The van der Waals surface area contributed by atoms with E-state index in [2.05, 4.69) is 6.92 Å². The zero-order chi connectivity index (χ0) is 17.4. The first-order valence-corrected chi connectivity index (χ1v) is 7.50. The Balaban J connectivity index is 2.78. The van der Waals surface area contributed by atoms with Crippen LogP contribution in [0.5, 0.6) is 0 Å². The second kappa shape index (κ2) is 8.82. The third-order valence-electron chi connectivity index (χ3n) is 3.33. The summed E-state index contributed by atoms with van der Waals surface area (Å²) in [7, 11) is 0. The number of esters is 1. The molecule has 23 heavy (non-hydrogen) atoms. The number of benzene rings is 1. The maximum atomic E-state index is 12.0. The van der Waals surface area contributed by atoms with E-state index in [9.17, 15) is 25.0 Å². The summed E-state index contributed by atoms with van der Waals surface area (Å²) in [6.45, 7) is 3.83. The monoisotopic (exact) mass is 324 g/mol. The summed E-state index contributed by atoms with van der Waals surface area (Å²) in [5.74, 6) is -0.792. The number of ether oxygens (including phenoxy) is 1. The van der Waals surface area contributed by atoms with Crippen LogP contribution in [0.3, 0.4) is 0 Å². The molecule has 0 heterocycles. The largest absolute Gasteiger partial charge is 0.459 e. The molecule has 8 heteroatoms. The zero-order valence-corrected chi connectivity index (χ0v) is 13.2. The van der Waals surface area contributed by atoms with E-state index in [1.165, 1.54) is 0 Å². The number of hydrogen-bond donors (Lipinski definition) is 0. The quantitative estimate of drug-likeness (QED) is 0.293. The van der Waals surface area contributed by atoms with E-state index in [1.807, 2.05) is 0 Å². The molecule has 0 saturated heterocycles. The molecule has 0 amide bonds. The van der Waals surface area contributed by atoms with Crippen LogP contribution in [0.1, 0.15) is 56.3 Å². The van der Waals surface area contributed by atoms with Gasteiger partial charge in [-0.25, -0.2) is 4.79 Å². The number of hydrogen-bond acceptors (Lipinski definition) is 6. The summed E-state index contributed by atoms with van der Waals surface area (Å²) in [6.07, 6.45) is 4.50. The lowest BCUT2D eigenvalue weighted by atomic mass is 10.1. The van der Waals surface area contributed by atoms with Crippen molar-refractivity contribution in [3.63, 3.8) is 0 Å². The Morgan fingerprint density at radius 1 is 1.09 bits per heavy atom. The number of carbonyl (C=O) groups is 1. The molecule has 1 atom stereocenters. The highest BCUT2D eigenvalue weighted by atomic mass is 16.6. The van der Waals surface area contributed by atoms with Gasteiger partial charge >= 0.3 is 5.97 Å². The summed E-state index contributed by atoms with van der Waals surface area (Å²) >= 11 is 0. The first-order valence-electron chi connectivity index (χ1n) is 7.50. The van der Waals surface area contributed by atoms with Crippen LogP contribution in [0.15, 0.2) is 18.2 Å². The highest BCUT2D eigenvalue weighted by Gasteiger charge is 2.21. The Kier molecular flexibility index (Phi) is 7.11. The van der Waals surface area contributed by atoms with Gasteiger partial charge in [-0.2, -0.15) is 0 Å². The van der Waals surface area contributed by atoms with Crippen molar-refractivity contribution in [1.29, 1.82) is 0 Å². The minimum absolute atomic E-state index is 0.189. The molecule has 126 valence electrons. The summed E-state index contributed by atoms with van der Waals surface area (Å²) in [5, 5.41) is 21.6. The third kappa shape index (κ3) is 6.01. The van der Waals surface area contributed by atoms with E-state index in [-0.39, 0.29) is 11.7 Å². The third-order valence-corrected chi connectivity index (χ3v) is 3.33. The van der Waals surface area contributed by atoms with E-state index in [0.29, 0.717) is 6.42 Å². The van der Waals surface area contributed by atoms with Crippen LogP contribution in [-0.2, 0) is 4.74 Å². The normalized spacial score (nSPS) is 11.7. The molecule has 1 rings (SSSR count). The summed E-state index contributed by atoms with van der Waals surface area (Å²) in [5.41, 5.74) is -1.21. The van der Waals surface area contributed by atoms with Crippen LogP contribution in [0.4, 0.5) is 11.4 Å². The lowest BCUT2D eigenvalue weighted by molar-refractivity contribution is -0.394. The highest BCUT2D eigenvalue weighted by Crippen LogP contribution is 2.23. The van der Waals surface area contributed by atoms with Crippen molar-refractivity contribution in [3.8, 4) is 0 Å². The van der Waals surface area contributed by atoms with Crippen LogP contribution < -0.4 is 0 Å². The van der Waals surface area contributed by atoms with Gasteiger partial charge in [-0.3, -0.25) is 20.2 Å². The minimum Gasteiger partial charge on any atom is -0.459 e.